The molecular weight excluding hydrogens is 244 g/mol. The minimum atomic E-state index is 0.224. The van der Waals surface area contributed by atoms with Crippen LogP contribution in [0.3, 0.4) is 0 Å². The molecule has 5 heteroatoms. The van der Waals surface area contributed by atoms with Crippen molar-refractivity contribution in [3.63, 3.8) is 0 Å². The number of thiazole rings is 1. The van der Waals surface area contributed by atoms with Crippen LogP contribution in [0.15, 0.2) is 12.4 Å². The number of hydrogen-bond donors (Lipinski definition) is 1. The summed E-state index contributed by atoms with van der Waals surface area (Å²) in [7, 11) is 2.02. The van der Waals surface area contributed by atoms with Gasteiger partial charge in [-0.3, -0.25) is 0 Å². The minimum Gasteiger partial charge on any atom is -0.337 e. The highest BCUT2D eigenvalue weighted by atomic mass is 32.1. The smallest absolute Gasteiger partial charge is 0.125 e. The van der Waals surface area contributed by atoms with Gasteiger partial charge in [-0.25, -0.2) is 9.97 Å². The molecule has 4 nitrogen and oxygen atoms in total. The maximum Gasteiger partial charge on any atom is 0.125 e. The molecule has 0 aliphatic rings. The van der Waals surface area contributed by atoms with E-state index in [2.05, 4.69) is 47.5 Å². The Balaban J connectivity index is 2.10. The molecular formula is C13H20N4S. The van der Waals surface area contributed by atoms with Crippen LogP contribution in [0.1, 0.15) is 47.3 Å². The summed E-state index contributed by atoms with van der Waals surface area (Å²) in [5.74, 6) is 1.06. The molecule has 0 bridgehead atoms. The second-order valence-corrected chi connectivity index (χ2v) is 5.92. The normalized spacial score (nSPS) is 14.7. The van der Waals surface area contributed by atoms with Gasteiger partial charge in [0.1, 0.15) is 5.82 Å². The highest BCUT2D eigenvalue weighted by Gasteiger charge is 2.17. The Morgan fingerprint density at radius 3 is 2.50 bits per heavy atom. The molecule has 2 aromatic heterocycles. The highest BCUT2D eigenvalue weighted by molar-refractivity contribution is 7.11. The summed E-state index contributed by atoms with van der Waals surface area (Å²) in [5.41, 5.74) is 1.13. The Hall–Kier alpha value is -1.20. The van der Waals surface area contributed by atoms with Crippen LogP contribution in [0.5, 0.6) is 0 Å². The first-order valence-electron chi connectivity index (χ1n) is 6.16. The predicted molar refractivity (Wildman–Crippen MR) is 74.8 cm³/mol. The fourth-order valence-corrected chi connectivity index (χ4v) is 3.21. The van der Waals surface area contributed by atoms with Crippen molar-refractivity contribution in [3.05, 3.63) is 33.8 Å². The van der Waals surface area contributed by atoms with Crippen LogP contribution in [0.2, 0.25) is 0 Å². The maximum absolute atomic E-state index is 4.48. The molecule has 0 aliphatic heterocycles. The number of aromatic nitrogens is 3. The van der Waals surface area contributed by atoms with Gasteiger partial charge in [0.25, 0.3) is 0 Å². The first kappa shape index (κ1) is 13.2. The predicted octanol–water partition coefficient (Wildman–Crippen LogP) is 2.91. The zero-order valence-electron chi connectivity index (χ0n) is 11.6. The first-order valence-corrected chi connectivity index (χ1v) is 6.98. The summed E-state index contributed by atoms with van der Waals surface area (Å²) in [5, 5.41) is 4.71. The molecule has 18 heavy (non-hydrogen) atoms. The van der Waals surface area contributed by atoms with Gasteiger partial charge in [0, 0.05) is 30.4 Å². The lowest BCUT2D eigenvalue weighted by Gasteiger charge is -2.19. The summed E-state index contributed by atoms with van der Waals surface area (Å²) < 4.78 is 2.05. The number of hydrogen-bond acceptors (Lipinski definition) is 4. The van der Waals surface area contributed by atoms with E-state index in [1.165, 1.54) is 4.88 Å². The lowest BCUT2D eigenvalue weighted by molar-refractivity contribution is 0.470. The zero-order valence-corrected chi connectivity index (χ0v) is 12.4. The fraction of sp³-hybridized carbons (Fsp3) is 0.538. The molecule has 2 unspecified atom stereocenters. The molecule has 0 aliphatic carbocycles. The van der Waals surface area contributed by atoms with Crippen molar-refractivity contribution in [1.82, 2.24) is 19.9 Å². The van der Waals surface area contributed by atoms with Crippen molar-refractivity contribution in [1.29, 1.82) is 0 Å². The number of aryl methyl sites for hydroxylation is 3. The van der Waals surface area contributed by atoms with Gasteiger partial charge < -0.3 is 9.88 Å². The Morgan fingerprint density at radius 1 is 1.28 bits per heavy atom. The van der Waals surface area contributed by atoms with Gasteiger partial charge in [-0.1, -0.05) is 0 Å². The van der Waals surface area contributed by atoms with Crippen molar-refractivity contribution in [2.75, 3.05) is 0 Å². The summed E-state index contributed by atoms with van der Waals surface area (Å²) in [6.45, 7) is 8.44. The van der Waals surface area contributed by atoms with Crippen LogP contribution in [0.25, 0.3) is 0 Å². The first-order chi connectivity index (χ1) is 8.49. The van der Waals surface area contributed by atoms with E-state index in [0.29, 0.717) is 6.04 Å². The third-order valence-corrected chi connectivity index (χ3v) is 4.33. The van der Waals surface area contributed by atoms with E-state index in [0.717, 1.165) is 16.5 Å². The molecule has 2 rings (SSSR count). The van der Waals surface area contributed by atoms with Crippen molar-refractivity contribution in [2.45, 2.75) is 39.8 Å². The van der Waals surface area contributed by atoms with Crippen LogP contribution in [0, 0.1) is 13.8 Å². The average Bonchev–Trinajstić information content (AvgIpc) is 2.84. The van der Waals surface area contributed by atoms with E-state index in [1.807, 2.05) is 19.4 Å². The molecule has 0 aromatic carbocycles. The Kier molecular flexibility index (Phi) is 3.82. The van der Waals surface area contributed by atoms with Gasteiger partial charge in [0.05, 0.1) is 16.7 Å². The molecule has 98 valence electrons. The van der Waals surface area contributed by atoms with E-state index in [1.54, 1.807) is 11.3 Å². The van der Waals surface area contributed by atoms with Crippen molar-refractivity contribution in [2.24, 2.45) is 7.05 Å². The lowest BCUT2D eigenvalue weighted by Crippen LogP contribution is -2.24. The second-order valence-electron chi connectivity index (χ2n) is 4.69. The quantitative estimate of drug-likeness (QED) is 0.923. The number of imidazole rings is 1. The Morgan fingerprint density at radius 2 is 2.00 bits per heavy atom. The van der Waals surface area contributed by atoms with Crippen molar-refractivity contribution in [3.8, 4) is 0 Å². The Labute approximate surface area is 112 Å². The zero-order chi connectivity index (χ0) is 13.3. The number of rotatable bonds is 4. The van der Waals surface area contributed by atoms with Gasteiger partial charge in [0.15, 0.2) is 0 Å². The van der Waals surface area contributed by atoms with Gasteiger partial charge in [0.2, 0.25) is 0 Å². The average molecular weight is 264 g/mol. The van der Waals surface area contributed by atoms with Gasteiger partial charge in [-0.05, 0) is 27.7 Å². The monoisotopic (exact) mass is 264 g/mol. The molecule has 1 N–H and O–H groups in total. The molecule has 0 spiro atoms. The topological polar surface area (TPSA) is 42.7 Å². The number of nitrogens with zero attached hydrogens (tertiary/aromatic N) is 3. The van der Waals surface area contributed by atoms with Crippen LogP contribution < -0.4 is 5.32 Å². The molecule has 0 saturated carbocycles. The van der Waals surface area contributed by atoms with Crippen molar-refractivity contribution >= 4 is 11.3 Å². The SMILES string of the molecule is Cc1nc(C)c(C(C)NC(C)c2nccn2C)s1. The minimum absolute atomic E-state index is 0.224. The van der Waals surface area contributed by atoms with Crippen LogP contribution in [-0.4, -0.2) is 14.5 Å². The molecule has 0 saturated heterocycles. The van der Waals surface area contributed by atoms with E-state index in [-0.39, 0.29) is 6.04 Å². The van der Waals surface area contributed by atoms with Crippen LogP contribution in [0.4, 0.5) is 0 Å². The summed E-state index contributed by atoms with van der Waals surface area (Å²) in [6, 6.07) is 0.518. The van der Waals surface area contributed by atoms with E-state index < -0.39 is 0 Å². The Bertz CT molecular complexity index is 529. The van der Waals surface area contributed by atoms with Gasteiger partial charge in [-0.15, -0.1) is 11.3 Å². The van der Waals surface area contributed by atoms with E-state index in [4.69, 9.17) is 0 Å². The van der Waals surface area contributed by atoms with Crippen molar-refractivity contribution < 1.29 is 0 Å². The van der Waals surface area contributed by atoms with Crippen LogP contribution in [-0.2, 0) is 7.05 Å². The summed E-state index contributed by atoms with van der Waals surface area (Å²) >= 11 is 1.77. The third kappa shape index (κ3) is 2.62. The van der Waals surface area contributed by atoms with E-state index in [9.17, 15) is 0 Å². The molecule has 0 amide bonds. The molecule has 0 fully saturated rings. The summed E-state index contributed by atoms with van der Waals surface area (Å²) in [4.78, 5) is 10.2. The van der Waals surface area contributed by atoms with Crippen LogP contribution >= 0.6 is 11.3 Å². The highest BCUT2D eigenvalue weighted by Crippen LogP contribution is 2.26. The molecule has 2 atom stereocenters. The maximum atomic E-state index is 4.48. The largest absolute Gasteiger partial charge is 0.337 e. The molecule has 2 aromatic rings. The standard InChI is InChI=1S/C13H20N4S/c1-8(12-9(2)16-11(4)18-12)15-10(3)13-14-6-7-17(13)5/h6-8,10,15H,1-5H3. The molecule has 2 heterocycles. The fourth-order valence-electron chi connectivity index (χ4n) is 2.27. The van der Waals surface area contributed by atoms with Gasteiger partial charge >= 0.3 is 0 Å². The number of nitrogens with one attached hydrogen (secondary N) is 1. The third-order valence-electron chi connectivity index (χ3n) is 3.08. The summed E-state index contributed by atoms with van der Waals surface area (Å²) in [6.07, 6.45) is 3.81. The van der Waals surface area contributed by atoms with E-state index >= 15 is 0 Å². The lowest BCUT2D eigenvalue weighted by atomic mass is 10.2. The van der Waals surface area contributed by atoms with Gasteiger partial charge in [-0.2, -0.15) is 0 Å². The second kappa shape index (κ2) is 5.20. The molecule has 0 radical (unpaired) electrons.